The first-order valence-corrected chi connectivity index (χ1v) is 12.0. The number of aromatic hydroxyl groups is 1. The topological polar surface area (TPSA) is 106 Å². The number of carbonyl (C=O) groups is 2. The monoisotopic (exact) mass is 501 g/mol. The molecular formula is C29H27NO7. The summed E-state index contributed by atoms with van der Waals surface area (Å²) in [6.07, 6.45) is 0.696. The molecular weight excluding hydrogens is 474 g/mol. The molecule has 0 spiro atoms. The number of phenolic OH excluding ortho intramolecular Hbond substituents is 1. The summed E-state index contributed by atoms with van der Waals surface area (Å²) >= 11 is 0. The van der Waals surface area contributed by atoms with Crippen LogP contribution >= 0.6 is 0 Å². The molecule has 1 saturated heterocycles. The molecule has 1 amide bonds. The summed E-state index contributed by atoms with van der Waals surface area (Å²) in [7, 11) is 1.57. The largest absolute Gasteiger partial charge is 0.507 e. The van der Waals surface area contributed by atoms with Gasteiger partial charge in [0.2, 0.25) is 0 Å². The van der Waals surface area contributed by atoms with E-state index < -0.39 is 17.7 Å². The summed E-state index contributed by atoms with van der Waals surface area (Å²) in [5.41, 5.74) is 2.65. The lowest BCUT2D eigenvalue weighted by Crippen LogP contribution is -2.29. The molecule has 1 atom stereocenters. The first-order valence-electron chi connectivity index (χ1n) is 12.0. The molecule has 8 heteroatoms. The zero-order valence-electron chi connectivity index (χ0n) is 20.6. The molecule has 0 radical (unpaired) electrons. The van der Waals surface area contributed by atoms with Gasteiger partial charge in [-0.2, -0.15) is 0 Å². The SMILES string of the molecule is CCOc1cc(C2/C(=C(\O)c3ccc4c(c3)CCO4)C(=O)C(=O)N2Cc2ccc(OC)cc2)ccc1O. The second-order valence-corrected chi connectivity index (χ2v) is 8.86. The zero-order valence-corrected chi connectivity index (χ0v) is 20.6. The third kappa shape index (κ3) is 4.46. The number of aliphatic hydroxyl groups excluding tert-OH is 1. The first-order chi connectivity index (χ1) is 17.9. The lowest BCUT2D eigenvalue weighted by atomic mass is 9.94. The van der Waals surface area contributed by atoms with Gasteiger partial charge < -0.3 is 29.3 Å². The predicted molar refractivity (Wildman–Crippen MR) is 136 cm³/mol. The lowest BCUT2D eigenvalue weighted by Gasteiger charge is -2.26. The summed E-state index contributed by atoms with van der Waals surface area (Å²) in [5.74, 6) is -0.185. The molecule has 5 rings (SSSR count). The number of aliphatic hydroxyl groups is 1. The molecule has 8 nitrogen and oxygen atoms in total. The van der Waals surface area contributed by atoms with Crippen molar-refractivity contribution in [2.75, 3.05) is 20.3 Å². The molecule has 2 N–H and O–H groups in total. The Kier molecular flexibility index (Phi) is 6.48. The fourth-order valence-corrected chi connectivity index (χ4v) is 4.78. The van der Waals surface area contributed by atoms with Crippen LogP contribution in [0.1, 0.15) is 35.2 Å². The average Bonchev–Trinajstić information content (AvgIpc) is 3.48. The standard InChI is InChI=1S/C29H27NO7/c1-3-36-24-15-19(6-10-22(24)31)26-25(27(32)20-7-11-23-18(14-20)12-13-37-23)28(33)29(34)30(26)16-17-4-8-21(35-2)9-5-17/h4-11,14-15,26,31-32H,3,12-13,16H2,1-2H3/b27-25+. The first kappa shape index (κ1) is 24.2. The van der Waals surface area contributed by atoms with Gasteiger partial charge in [-0.25, -0.2) is 0 Å². The number of rotatable bonds is 7. The summed E-state index contributed by atoms with van der Waals surface area (Å²) < 4.78 is 16.3. The van der Waals surface area contributed by atoms with Crippen LogP contribution in [-0.2, 0) is 22.6 Å². The number of fused-ring (bicyclic) bond motifs is 1. The van der Waals surface area contributed by atoms with E-state index in [2.05, 4.69) is 0 Å². The fraction of sp³-hybridized carbons (Fsp3) is 0.241. The van der Waals surface area contributed by atoms with E-state index in [0.29, 0.717) is 36.5 Å². The van der Waals surface area contributed by atoms with E-state index >= 15 is 0 Å². The highest BCUT2D eigenvalue weighted by Crippen LogP contribution is 2.43. The second-order valence-electron chi connectivity index (χ2n) is 8.86. The van der Waals surface area contributed by atoms with Crippen LogP contribution in [-0.4, -0.2) is 47.1 Å². The number of Topliss-reactive ketones (excluding diaryl/α,β-unsaturated/α-hetero) is 1. The second kappa shape index (κ2) is 9.89. The normalized spacial score (nSPS) is 18.0. The maximum absolute atomic E-state index is 13.4. The number of ether oxygens (including phenoxy) is 3. The van der Waals surface area contributed by atoms with Crippen LogP contribution in [0.15, 0.2) is 66.2 Å². The molecule has 0 aromatic heterocycles. The van der Waals surface area contributed by atoms with Crippen LogP contribution in [0.25, 0.3) is 5.76 Å². The van der Waals surface area contributed by atoms with Crippen molar-refractivity contribution in [3.63, 3.8) is 0 Å². The van der Waals surface area contributed by atoms with Gasteiger partial charge in [-0.15, -0.1) is 0 Å². The number of methoxy groups -OCH3 is 1. The minimum atomic E-state index is -0.897. The quantitative estimate of drug-likeness (QED) is 0.282. The zero-order chi connectivity index (χ0) is 26.1. The maximum Gasteiger partial charge on any atom is 0.295 e. The number of phenols is 1. The van der Waals surface area contributed by atoms with Crippen LogP contribution in [0.3, 0.4) is 0 Å². The highest BCUT2D eigenvalue weighted by Gasteiger charge is 2.46. The van der Waals surface area contributed by atoms with E-state index in [-0.39, 0.29) is 29.4 Å². The van der Waals surface area contributed by atoms with E-state index in [4.69, 9.17) is 14.2 Å². The summed E-state index contributed by atoms with van der Waals surface area (Å²) in [4.78, 5) is 28.1. The van der Waals surface area contributed by atoms with E-state index in [9.17, 15) is 19.8 Å². The minimum absolute atomic E-state index is 0.0227. The van der Waals surface area contributed by atoms with Gasteiger partial charge in [0.15, 0.2) is 11.5 Å². The predicted octanol–water partition coefficient (Wildman–Crippen LogP) is 4.36. The number of benzene rings is 3. The molecule has 0 saturated carbocycles. The van der Waals surface area contributed by atoms with E-state index in [0.717, 1.165) is 16.9 Å². The molecule has 190 valence electrons. The molecule has 37 heavy (non-hydrogen) atoms. The fourth-order valence-electron chi connectivity index (χ4n) is 4.78. The van der Waals surface area contributed by atoms with Gasteiger partial charge >= 0.3 is 0 Å². The van der Waals surface area contributed by atoms with Gasteiger partial charge in [-0.1, -0.05) is 18.2 Å². The Morgan fingerprint density at radius 2 is 1.86 bits per heavy atom. The molecule has 2 aliphatic rings. The number of hydrogen-bond acceptors (Lipinski definition) is 7. The number of hydrogen-bond donors (Lipinski definition) is 2. The molecule has 1 unspecified atom stereocenters. The Balaban J connectivity index is 1.63. The number of likely N-dealkylation sites (tertiary alicyclic amines) is 1. The van der Waals surface area contributed by atoms with Gasteiger partial charge in [0.1, 0.15) is 17.3 Å². The third-order valence-corrected chi connectivity index (χ3v) is 6.61. The molecule has 0 aliphatic carbocycles. The molecule has 2 heterocycles. The Morgan fingerprint density at radius 3 is 2.59 bits per heavy atom. The molecule has 1 fully saturated rings. The third-order valence-electron chi connectivity index (χ3n) is 6.61. The summed E-state index contributed by atoms with van der Waals surface area (Å²) in [5, 5.41) is 21.6. The molecule has 3 aromatic rings. The van der Waals surface area contributed by atoms with Crippen LogP contribution in [0.4, 0.5) is 0 Å². The van der Waals surface area contributed by atoms with Crippen molar-refractivity contribution in [2.24, 2.45) is 0 Å². The van der Waals surface area contributed by atoms with Crippen LogP contribution in [0, 0.1) is 0 Å². The minimum Gasteiger partial charge on any atom is -0.507 e. The smallest absolute Gasteiger partial charge is 0.295 e. The van der Waals surface area contributed by atoms with Crippen molar-refractivity contribution in [1.82, 2.24) is 4.90 Å². The number of amides is 1. The van der Waals surface area contributed by atoms with Gasteiger partial charge in [-0.3, -0.25) is 9.59 Å². The van der Waals surface area contributed by atoms with Crippen molar-refractivity contribution in [2.45, 2.75) is 25.9 Å². The number of nitrogens with zero attached hydrogens (tertiary/aromatic N) is 1. The molecule has 2 aliphatic heterocycles. The number of ketones is 1. The number of carbonyl (C=O) groups excluding carboxylic acids is 2. The van der Waals surface area contributed by atoms with E-state index in [1.807, 2.05) is 12.1 Å². The molecule has 3 aromatic carbocycles. The van der Waals surface area contributed by atoms with E-state index in [1.165, 1.54) is 11.0 Å². The average molecular weight is 502 g/mol. The Labute approximate surface area is 214 Å². The van der Waals surface area contributed by atoms with Gasteiger partial charge in [0.25, 0.3) is 11.7 Å². The van der Waals surface area contributed by atoms with Gasteiger partial charge in [0.05, 0.1) is 31.9 Å². The van der Waals surface area contributed by atoms with E-state index in [1.54, 1.807) is 56.5 Å². The highest BCUT2D eigenvalue weighted by molar-refractivity contribution is 6.46. The lowest BCUT2D eigenvalue weighted by molar-refractivity contribution is -0.140. The maximum atomic E-state index is 13.4. The van der Waals surface area contributed by atoms with Crippen LogP contribution in [0.2, 0.25) is 0 Å². The van der Waals surface area contributed by atoms with Crippen molar-refractivity contribution >= 4 is 17.4 Å². The summed E-state index contributed by atoms with van der Waals surface area (Å²) in [6, 6.07) is 16.2. The Hall–Kier alpha value is -4.46. The van der Waals surface area contributed by atoms with Crippen molar-refractivity contribution in [1.29, 1.82) is 0 Å². The van der Waals surface area contributed by atoms with Gasteiger partial charge in [0, 0.05) is 18.5 Å². The van der Waals surface area contributed by atoms with Gasteiger partial charge in [-0.05, 0) is 66.1 Å². The summed E-state index contributed by atoms with van der Waals surface area (Å²) in [6.45, 7) is 2.79. The van der Waals surface area contributed by atoms with Crippen molar-refractivity contribution < 1.29 is 34.0 Å². The Bertz CT molecular complexity index is 1390. The highest BCUT2D eigenvalue weighted by atomic mass is 16.5. The Morgan fingerprint density at radius 1 is 1.08 bits per heavy atom. The van der Waals surface area contributed by atoms with Crippen molar-refractivity contribution in [3.05, 3.63) is 88.5 Å². The van der Waals surface area contributed by atoms with Crippen molar-refractivity contribution in [3.8, 4) is 23.0 Å². The van der Waals surface area contributed by atoms with Crippen LogP contribution in [0.5, 0.6) is 23.0 Å². The molecule has 0 bridgehead atoms. The van der Waals surface area contributed by atoms with Crippen LogP contribution < -0.4 is 14.2 Å².